The van der Waals surface area contributed by atoms with Gasteiger partial charge in [-0.3, -0.25) is 0 Å². The Balaban J connectivity index is 1.64. The minimum atomic E-state index is 0.191. The second-order valence-electron chi connectivity index (χ2n) is 6.43. The lowest BCUT2D eigenvalue weighted by molar-refractivity contribution is 0.413. The third-order valence-corrected chi connectivity index (χ3v) is 5.60. The van der Waals surface area contributed by atoms with Gasteiger partial charge in [-0.25, -0.2) is 4.98 Å². The Bertz CT molecular complexity index is 942. The zero-order chi connectivity index (χ0) is 17.6. The van der Waals surface area contributed by atoms with E-state index in [4.69, 9.17) is 22.1 Å². The van der Waals surface area contributed by atoms with Gasteiger partial charge in [0.25, 0.3) is 0 Å². The van der Waals surface area contributed by atoms with E-state index in [1.54, 1.807) is 7.11 Å². The molecule has 3 aromatic rings. The summed E-state index contributed by atoms with van der Waals surface area (Å²) in [6.45, 7) is 0. The van der Waals surface area contributed by atoms with Gasteiger partial charge in [-0.05, 0) is 66.6 Å². The van der Waals surface area contributed by atoms with Crippen LogP contribution in [0.2, 0.25) is 5.28 Å². The highest BCUT2D eigenvalue weighted by molar-refractivity contribution is 9.10. The molecule has 0 aliphatic heterocycles. The summed E-state index contributed by atoms with van der Waals surface area (Å²) in [7, 11) is 1.70. The van der Waals surface area contributed by atoms with Crippen LogP contribution in [0.25, 0.3) is 11.0 Å². The van der Waals surface area contributed by atoms with Gasteiger partial charge in [-0.15, -0.1) is 0 Å². The first kappa shape index (κ1) is 16.7. The van der Waals surface area contributed by atoms with Gasteiger partial charge >= 0.3 is 0 Å². The quantitative estimate of drug-likeness (QED) is 0.608. The number of hydrogen-bond donors (Lipinski definition) is 1. The summed E-state index contributed by atoms with van der Waals surface area (Å²) >= 11 is 9.57. The van der Waals surface area contributed by atoms with Gasteiger partial charge in [0.2, 0.25) is 5.28 Å². The Labute approximate surface area is 159 Å². The van der Waals surface area contributed by atoms with Crippen molar-refractivity contribution >= 4 is 44.4 Å². The Morgan fingerprint density at radius 1 is 1.28 bits per heavy atom. The van der Waals surface area contributed by atoms with Gasteiger partial charge in [0.15, 0.2) is 0 Å². The molecule has 2 atom stereocenters. The molecule has 2 aromatic heterocycles. The van der Waals surface area contributed by atoms with E-state index in [0.717, 1.165) is 40.5 Å². The van der Waals surface area contributed by atoms with Gasteiger partial charge in [-0.2, -0.15) is 4.98 Å². The SMILES string of the molecule is COc1cc(Br)cc(C2CCC(n3ccc4c(N)nc(Cl)nc43)C2)c1. The smallest absolute Gasteiger partial charge is 0.226 e. The van der Waals surface area contributed by atoms with Crippen LogP contribution >= 0.6 is 27.5 Å². The first-order valence-electron chi connectivity index (χ1n) is 8.19. The molecular weight excluding hydrogens is 404 g/mol. The summed E-state index contributed by atoms with van der Waals surface area (Å²) in [5.74, 6) is 1.80. The van der Waals surface area contributed by atoms with Crippen molar-refractivity contribution in [1.82, 2.24) is 14.5 Å². The topological polar surface area (TPSA) is 66.0 Å². The van der Waals surface area contributed by atoms with Gasteiger partial charge in [0.05, 0.1) is 12.5 Å². The summed E-state index contributed by atoms with van der Waals surface area (Å²) in [4.78, 5) is 8.42. The monoisotopic (exact) mass is 420 g/mol. The molecule has 0 saturated heterocycles. The van der Waals surface area contributed by atoms with E-state index < -0.39 is 0 Å². The van der Waals surface area contributed by atoms with Gasteiger partial charge in [0.1, 0.15) is 17.2 Å². The van der Waals surface area contributed by atoms with Crippen LogP contribution in [0.4, 0.5) is 5.82 Å². The lowest BCUT2D eigenvalue weighted by Gasteiger charge is -2.15. The Hall–Kier alpha value is -1.79. The average molecular weight is 422 g/mol. The lowest BCUT2D eigenvalue weighted by Crippen LogP contribution is -2.06. The minimum Gasteiger partial charge on any atom is -0.497 e. The Morgan fingerprint density at radius 2 is 2.12 bits per heavy atom. The van der Waals surface area contributed by atoms with Crippen LogP contribution in [0.1, 0.15) is 36.8 Å². The number of aromatic nitrogens is 3. The molecule has 7 heteroatoms. The van der Waals surface area contributed by atoms with Crippen LogP contribution < -0.4 is 10.5 Å². The Morgan fingerprint density at radius 3 is 2.92 bits per heavy atom. The van der Waals surface area contributed by atoms with Crippen LogP contribution in [0.5, 0.6) is 5.75 Å². The van der Waals surface area contributed by atoms with Crippen molar-refractivity contribution in [3.63, 3.8) is 0 Å². The van der Waals surface area contributed by atoms with Crippen LogP contribution in [0.15, 0.2) is 34.9 Å². The highest BCUT2D eigenvalue weighted by Gasteiger charge is 2.29. The normalized spacial score (nSPS) is 20.3. The second-order valence-corrected chi connectivity index (χ2v) is 7.68. The first-order chi connectivity index (χ1) is 12.0. The van der Waals surface area contributed by atoms with E-state index in [9.17, 15) is 0 Å². The van der Waals surface area contributed by atoms with E-state index in [1.165, 1.54) is 5.56 Å². The van der Waals surface area contributed by atoms with Crippen molar-refractivity contribution in [2.75, 3.05) is 12.8 Å². The molecule has 1 aliphatic carbocycles. The third kappa shape index (κ3) is 3.09. The highest BCUT2D eigenvalue weighted by atomic mass is 79.9. The van der Waals surface area contributed by atoms with E-state index in [-0.39, 0.29) is 5.28 Å². The lowest BCUT2D eigenvalue weighted by atomic mass is 9.97. The highest BCUT2D eigenvalue weighted by Crippen LogP contribution is 2.43. The van der Waals surface area contributed by atoms with Gasteiger partial charge in [0, 0.05) is 16.7 Å². The number of halogens is 2. The maximum absolute atomic E-state index is 6.00. The first-order valence-corrected chi connectivity index (χ1v) is 9.36. The third-order valence-electron chi connectivity index (χ3n) is 4.97. The van der Waals surface area contributed by atoms with Crippen molar-refractivity contribution in [3.8, 4) is 5.75 Å². The molecule has 0 radical (unpaired) electrons. The minimum absolute atomic E-state index is 0.191. The maximum atomic E-state index is 6.00. The molecule has 2 heterocycles. The number of benzene rings is 1. The zero-order valence-corrected chi connectivity index (χ0v) is 16.1. The van der Waals surface area contributed by atoms with Crippen molar-refractivity contribution < 1.29 is 4.74 Å². The molecule has 4 rings (SSSR count). The molecule has 130 valence electrons. The maximum Gasteiger partial charge on any atom is 0.226 e. The van der Waals surface area contributed by atoms with Crippen molar-refractivity contribution in [1.29, 1.82) is 0 Å². The zero-order valence-electron chi connectivity index (χ0n) is 13.7. The average Bonchev–Trinajstić information content (AvgIpc) is 3.20. The van der Waals surface area contributed by atoms with Crippen LogP contribution in [-0.2, 0) is 0 Å². The largest absolute Gasteiger partial charge is 0.497 e. The molecule has 1 aliphatic rings. The number of anilines is 1. The predicted octanol–water partition coefficient (Wildman–Crippen LogP) is 4.95. The number of hydrogen-bond acceptors (Lipinski definition) is 4. The molecule has 0 amide bonds. The van der Waals surface area contributed by atoms with Gasteiger partial charge < -0.3 is 15.0 Å². The molecule has 2 N–H and O–H groups in total. The summed E-state index contributed by atoms with van der Waals surface area (Å²) in [6.07, 6.45) is 5.30. The van der Waals surface area contributed by atoms with Crippen molar-refractivity contribution in [2.45, 2.75) is 31.2 Å². The fourth-order valence-electron chi connectivity index (χ4n) is 3.77. The molecule has 1 aromatic carbocycles. The summed E-state index contributed by atoms with van der Waals surface area (Å²) in [5.41, 5.74) is 8.09. The van der Waals surface area contributed by atoms with Crippen LogP contribution in [-0.4, -0.2) is 21.6 Å². The standard InChI is InChI=1S/C18H18BrClN4O/c1-25-14-8-11(6-12(19)9-14)10-2-3-13(7-10)24-5-4-15-16(21)22-18(20)23-17(15)24/h4-6,8-10,13H,2-3,7H2,1H3,(H2,21,22,23). The predicted molar refractivity (Wildman–Crippen MR) is 103 cm³/mol. The number of fused-ring (bicyclic) bond motifs is 1. The number of nitrogens with zero attached hydrogens (tertiary/aromatic N) is 3. The number of nitrogen functional groups attached to an aromatic ring is 1. The molecule has 2 unspecified atom stereocenters. The molecule has 0 spiro atoms. The molecular formula is C18H18BrClN4O. The van der Waals surface area contributed by atoms with E-state index >= 15 is 0 Å². The number of rotatable bonds is 3. The number of nitrogens with two attached hydrogens (primary N) is 1. The fourth-order valence-corrected chi connectivity index (χ4v) is 4.44. The summed E-state index contributed by atoms with van der Waals surface area (Å²) in [6, 6.07) is 8.63. The van der Waals surface area contributed by atoms with Crippen molar-refractivity contribution in [3.05, 3.63) is 45.8 Å². The molecule has 1 saturated carbocycles. The molecule has 25 heavy (non-hydrogen) atoms. The Kier molecular flexibility index (Phi) is 4.33. The molecule has 1 fully saturated rings. The van der Waals surface area contributed by atoms with Crippen molar-refractivity contribution in [2.24, 2.45) is 0 Å². The van der Waals surface area contributed by atoms with Crippen LogP contribution in [0, 0.1) is 0 Å². The van der Waals surface area contributed by atoms with E-state index in [1.807, 2.05) is 18.3 Å². The number of methoxy groups -OCH3 is 1. The van der Waals surface area contributed by atoms with E-state index in [2.05, 4.69) is 42.6 Å². The summed E-state index contributed by atoms with van der Waals surface area (Å²) < 4.78 is 8.63. The van der Waals surface area contributed by atoms with E-state index in [0.29, 0.717) is 17.8 Å². The fraction of sp³-hybridized carbons (Fsp3) is 0.333. The number of ether oxygens (including phenoxy) is 1. The summed E-state index contributed by atoms with van der Waals surface area (Å²) in [5, 5.41) is 1.05. The van der Waals surface area contributed by atoms with Crippen LogP contribution in [0.3, 0.4) is 0 Å². The molecule has 5 nitrogen and oxygen atoms in total. The van der Waals surface area contributed by atoms with Gasteiger partial charge in [-0.1, -0.05) is 15.9 Å². The molecule has 0 bridgehead atoms. The second kappa shape index (κ2) is 6.50.